The highest BCUT2D eigenvalue weighted by Gasteiger charge is 2.13. The largest absolute Gasteiger partial charge is 0.497 e. The SMILES string of the molecule is CCOc1ccc(-c2csc(NC(=O)C(C#N)=Cc3ccc(OC)cc3)n2)cc1. The summed E-state index contributed by atoms with van der Waals surface area (Å²) in [7, 11) is 1.58. The van der Waals surface area contributed by atoms with E-state index in [0.717, 1.165) is 22.6 Å². The van der Waals surface area contributed by atoms with Gasteiger partial charge in [-0.3, -0.25) is 10.1 Å². The number of nitrogens with one attached hydrogen (secondary N) is 1. The number of nitriles is 1. The maximum atomic E-state index is 12.5. The summed E-state index contributed by atoms with van der Waals surface area (Å²) in [6, 6.07) is 16.6. The van der Waals surface area contributed by atoms with Crippen molar-refractivity contribution in [3.8, 4) is 28.8 Å². The molecule has 1 amide bonds. The molecule has 6 nitrogen and oxygen atoms in total. The van der Waals surface area contributed by atoms with Gasteiger partial charge < -0.3 is 9.47 Å². The zero-order valence-electron chi connectivity index (χ0n) is 16.0. The minimum Gasteiger partial charge on any atom is -0.497 e. The van der Waals surface area contributed by atoms with Gasteiger partial charge in [0.2, 0.25) is 0 Å². The molecule has 1 N–H and O–H groups in total. The van der Waals surface area contributed by atoms with Crippen molar-refractivity contribution >= 4 is 28.5 Å². The van der Waals surface area contributed by atoms with Gasteiger partial charge >= 0.3 is 0 Å². The molecule has 0 saturated carbocycles. The molecular formula is C22H19N3O3S. The Balaban J connectivity index is 1.71. The molecule has 0 aliphatic rings. The van der Waals surface area contributed by atoms with Crippen molar-refractivity contribution in [3.63, 3.8) is 0 Å². The number of methoxy groups -OCH3 is 1. The van der Waals surface area contributed by atoms with Crippen molar-refractivity contribution in [2.75, 3.05) is 19.0 Å². The summed E-state index contributed by atoms with van der Waals surface area (Å²) in [6.45, 7) is 2.54. The molecule has 0 aliphatic heterocycles. The number of amides is 1. The average molecular weight is 405 g/mol. The first kappa shape index (κ1) is 20.1. The first-order valence-electron chi connectivity index (χ1n) is 8.89. The van der Waals surface area contributed by atoms with E-state index in [4.69, 9.17) is 9.47 Å². The predicted molar refractivity (Wildman–Crippen MR) is 114 cm³/mol. The van der Waals surface area contributed by atoms with Crippen molar-refractivity contribution in [1.82, 2.24) is 4.98 Å². The lowest BCUT2D eigenvalue weighted by atomic mass is 10.1. The van der Waals surface area contributed by atoms with Crippen LogP contribution in [0.2, 0.25) is 0 Å². The lowest BCUT2D eigenvalue weighted by Gasteiger charge is -2.03. The number of hydrogen-bond acceptors (Lipinski definition) is 6. The maximum absolute atomic E-state index is 12.5. The number of aromatic nitrogens is 1. The highest BCUT2D eigenvalue weighted by Crippen LogP contribution is 2.27. The van der Waals surface area contributed by atoms with Gasteiger partial charge in [0.15, 0.2) is 5.13 Å². The van der Waals surface area contributed by atoms with Gasteiger partial charge in [-0.05, 0) is 55.0 Å². The van der Waals surface area contributed by atoms with Crippen LogP contribution in [0.1, 0.15) is 12.5 Å². The molecule has 3 rings (SSSR count). The van der Waals surface area contributed by atoms with Gasteiger partial charge in [-0.2, -0.15) is 5.26 Å². The quantitative estimate of drug-likeness (QED) is 0.452. The van der Waals surface area contributed by atoms with E-state index in [2.05, 4.69) is 10.3 Å². The fraction of sp³-hybridized carbons (Fsp3) is 0.136. The number of carbonyl (C=O) groups excluding carboxylic acids is 1. The Bertz CT molecular complexity index is 1050. The number of anilines is 1. The smallest absolute Gasteiger partial charge is 0.268 e. The van der Waals surface area contributed by atoms with Crippen molar-refractivity contribution in [3.05, 3.63) is 65.0 Å². The Morgan fingerprint density at radius 2 is 1.86 bits per heavy atom. The second-order valence-electron chi connectivity index (χ2n) is 5.89. The van der Waals surface area contributed by atoms with Crippen molar-refractivity contribution in [1.29, 1.82) is 5.26 Å². The highest BCUT2D eigenvalue weighted by atomic mass is 32.1. The second kappa shape index (κ2) is 9.53. The van der Waals surface area contributed by atoms with Crippen molar-refractivity contribution in [2.45, 2.75) is 6.92 Å². The molecule has 146 valence electrons. The monoisotopic (exact) mass is 405 g/mol. The molecule has 0 atom stereocenters. The van der Waals surface area contributed by atoms with E-state index in [1.807, 2.05) is 42.6 Å². The van der Waals surface area contributed by atoms with Gasteiger partial charge in [0, 0.05) is 10.9 Å². The van der Waals surface area contributed by atoms with Crippen molar-refractivity contribution in [2.24, 2.45) is 0 Å². The summed E-state index contributed by atoms with van der Waals surface area (Å²) in [5.74, 6) is 0.993. The Kier molecular flexibility index (Phi) is 6.61. The number of thiazole rings is 1. The number of carbonyl (C=O) groups is 1. The number of benzene rings is 2. The number of ether oxygens (including phenoxy) is 2. The minimum atomic E-state index is -0.504. The molecule has 0 fully saturated rings. The van der Waals surface area contributed by atoms with Gasteiger partial charge in [0.25, 0.3) is 5.91 Å². The summed E-state index contributed by atoms with van der Waals surface area (Å²) < 4.78 is 10.5. The van der Waals surface area contributed by atoms with Gasteiger partial charge in [-0.1, -0.05) is 12.1 Å². The van der Waals surface area contributed by atoms with Crippen LogP contribution >= 0.6 is 11.3 Å². The molecule has 0 unspecified atom stereocenters. The summed E-state index contributed by atoms with van der Waals surface area (Å²) in [5, 5.41) is 14.3. The zero-order valence-corrected chi connectivity index (χ0v) is 16.8. The average Bonchev–Trinajstić information content (AvgIpc) is 3.21. The first-order valence-corrected chi connectivity index (χ1v) is 9.77. The second-order valence-corrected chi connectivity index (χ2v) is 6.75. The summed E-state index contributed by atoms with van der Waals surface area (Å²) in [5.41, 5.74) is 2.38. The number of nitrogens with zero attached hydrogens (tertiary/aromatic N) is 2. The molecule has 0 spiro atoms. The maximum Gasteiger partial charge on any atom is 0.268 e. The molecule has 7 heteroatoms. The summed E-state index contributed by atoms with van der Waals surface area (Å²) >= 11 is 1.30. The minimum absolute atomic E-state index is 0.00650. The molecule has 0 saturated heterocycles. The fourth-order valence-corrected chi connectivity index (χ4v) is 3.25. The van der Waals surface area contributed by atoms with Crippen LogP contribution in [-0.4, -0.2) is 24.6 Å². The standard InChI is InChI=1S/C22H19N3O3S/c1-3-28-19-10-6-16(7-11-19)20-14-29-22(24-20)25-21(26)17(13-23)12-15-4-8-18(27-2)9-5-15/h4-12,14H,3H2,1-2H3,(H,24,25,26). The fourth-order valence-electron chi connectivity index (χ4n) is 2.53. The third-order valence-corrected chi connectivity index (χ3v) is 4.74. The van der Waals surface area contributed by atoms with Gasteiger partial charge in [-0.25, -0.2) is 4.98 Å². The van der Waals surface area contributed by atoms with E-state index < -0.39 is 5.91 Å². The molecule has 1 heterocycles. The van der Waals surface area contributed by atoms with Crippen LogP contribution in [0.4, 0.5) is 5.13 Å². The first-order chi connectivity index (χ1) is 14.1. The number of rotatable bonds is 7. The molecule has 1 aromatic heterocycles. The Labute approximate surface area is 173 Å². The number of hydrogen-bond donors (Lipinski definition) is 1. The molecule has 0 radical (unpaired) electrons. The van der Waals surface area contributed by atoms with Crippen LogP contribution in [0.5, 0.6) is 11.5 Å². The van der Waals surface area contributed by atoms with Crippen LogP contribution in [0, 0.1) is 11.3 Å². The summed E-state index contributed by atoms with van der Waals surface area (Å²) in [4.78, 5) is 16.9. The van der Waals surface area contributed by atoms with Crippen LogP contribution in [-0.2, 0) is 4.79 Å². The highest BCUT2D eigenvalue weighted by molar-refractivity contribution is 7.14. The third-order valence-electron chi connectivity index (χ3n) is 3.98. The molecule has 0 bridgehead atoms. The van der Waals surface area contributed by atoms with E-state index in [-0.39, 0.29) is 5.57 Å². The van der Waals surface area contributed by atoms with Crippen LogP contribution < -0.4 is 14.8 Å². The van der Waals surface area contributed by atoms with E-state index >= 15 is 0 Å². The Morgan fingerprint density at radius 1 is 1.17 bits per heavy atom. The van der Waals surface area contributed by atoms with Crippen LogP contribution in [0.3, 0.4) is 0 Å². The Hall–Kier alpha value is -3.63. The normalized spacial score (nSPS) is 10.9. The van der Waals surface area contributed by atoms with Crippen LogP contribution in [0.15, 0.2) is 59.5 Å². The lowest BCUT2D eigenvalue weighted by molar-refractivity contribution is -0.112. The van der Waals surface area contributed by atoms with Gasteiger partial charge in [-0.15, -0.1) is 11.3 Å². The zero-order chi connectivity index (χ0) is 20.6. The van der Waals surface area contributed by atoms with E-state index in [9.17, 15) is 10.1 Å². The molecular weight excluding hydrogens is 386 g/mol. The van der Waals surface area contributed by atoms with Gasteiger partial charge in [0.05, 0.1) is 19.4 Å². The molecule has 2 aromatic carbocycles. The molecule has 0 aliphatic carbocycles. The molecule has 3 aromatic rings. The topological polar surface area (TPSA) is 84.2 Å². The Morgan fingerprint density at radius 3 is 2.48 bits per heavy atom. The van der Waals surface area contributed by atoms with E-state index in [1.165, 1.54) is 17.4 Å². The van der Waals surface area contributed by atoms with Gasteiger partial charge in [0.1, 0.15) is 23.1 Å². The molecule has 29 heavy (non-hydrogen) atoms. The van der Waals surface area contributed by atoms with E-state index in [0.29, 0.717) is 17.5 Å². The lowest BCUT2D eigenvalue weighted by Crippen LogP contribution is -2.13. The summed E-state index contributed by atoms with van der Waals surface area (Å²) in [6.07, 6.45) is 1.52. The van der Waals surface area contributed by atoms with Crippen LogP contribution in [0.25, 0.3) is 17.3 Å². The third kappa shape index (κ3) is 5.21. The predicted octanol–water partition coefficient (Wildman–Crippen LogP) is 4.76. The van der Waals surface area contributed by atoms with Crippen molar-refractivity contribution < 1.29 is 14.3 Å². The van der Waals surface area contributed by atoms with E-state index in [1.54, 1.807) is 31.4 Å².